The van der Waals surface area contributed by atoms with Crippen LogP contribution in [0.2, 0.25) is 0 Å². The normalized spacial score (nSPS) is 10.8. The summed E-state index contributed by atoms with van der Waals surface area (Å²) in [5.74, 6) is 0.608. The molecular formula is C20H22BrNO2. The standard InChI is InChI=1S/C20H22BrNO2/c1-4-15-8-6-7-14(3)20(15)22-19(23)12-9-16-13-17(21)10-11-18(16)24-5-2/h6-13H,4-5H2,1-3H3,(H,22,23). The van der Waals surface area contributed by atoms with Crippen molar-refractivity contribution >= 4 is 33.6 Å². The fraction of sp³-hybridized carbons (Fsp3) is 0.250. The quantitative estimate of drug-likeness (QED) is 0.676. The minimum absolute atomic E-state index is 0.151. The van der Waals surface area contributed by atoms with Gasteiger partial charge in [-0.3, -0.25) is 4.79 Å². The molecule has 24 heavy (non-hydrogen) atoms. The molecule has 1 N–H and O–H groups in total. The Morgan fingerprint density at radius 1 is 1.25 bits per heavy atom. The molecule has 0 atom stereocenters. The van der Waals surface area contributed by atoms with Gasteiger partial charge in [0.15, 0.2) is 0 Å². The molecule has 2 rings (SSSR count). The van der Waals surface area contributed by atoms with Crippen molar-refractivity contribution in [1.29, 1.82) is 0 Å². The summed E-state index contributed by atoms with van der Waals surface area (Å²) in [7, 11) is 0. The minimum atomic E-state index is -0.151. The van der Waals surface area contributed by atoms with Crippen LogP contribution in [0, 0.1) is 6.92 Å². The van der Waals surface area contributed by atoms with E-state index in [0.717, 1.165) is 39.0 Å². The number of carbonyl (C=O) groups is 1. The maximum absolute atomic E-state index is 12.3. The van der Waals surface area contributed by atoms with Crippen molar-refractivity contribution in [2.45, 2.75) is 27.2 Å². The third-order valence-corrected chi connectivity index (χ3v) is 4.17. The van der Waals surface area contributed by atoms with Gasteiger partial charge in [0.2, 0.25) is 5.91 Å². The lowest BCUT2D eigenvalue weighted by Crippen LogP contribution is -2.11. The van der Waals surface area contributed by atoms with Gasteiger partial charge in [0.1, 0.15) is 5.75 Å². The molecule has 0 heterocycles. The van der Waals surface area contributed by atoms with Crippen LogP contribution >= 0.6 is 15.9 Å². The molecule has 0 spiro atoms. The Morgan fingerprint density at radius 3 is 2.75 bits per heavy atom. The molecule has 1 amide bonds. The zero-order valence-electron chi connectivity index (χ0n) is 14.2. The molecule has 0 aliphatic carbocycles. The van der Waals surface area contributed by atoms with Gasteiger partial charge in [0, 0.05) is 21.8 Å². The van der Waals surface area contributed by atoms with E-state index in [0.29, 0.717) is 6.61 Å². The second-order valence-electron chi connectivity index (χ2n) is 5.40. The van der Waals surface area contributed by atoms with Crippen LogP contribution in [-0.2, 0) is 11.2 Å². The summed E-state index contributed by atoms with van der Waals surface area (Å²) in [4.78, 5) is 12.3. The van der Waals surface area contributed by atoms with Gasteiger partial charge in [-0.1, -0.05) is 41.1 Å². The first kappa shape index (κ1) is 18.3. The maximum Gasteiger partial charge on any atom is 0.248 e. The number of hydrogen-bond donors (Lipinski definition) is 1. The van der Waals surface area contributed by atoms with E-state index in [-0.39, 0.29) is 5.91 Å². The topological polar surface area (TPSA) is 38.3 Å². The highest BCUT2D eigenvalue weighted by Gasteiger charge is 2.07. The van der Waals surface area contributed by atoms with Crippen molar-refractivity contribution in [3.8, 4) is 5.75 Å². The summed E-state index contributed by atoms with van der Waals surface area (Å²) in [5, 5.41) is 2.99. The van der Waals surface area contributed by atoms with E-state index < -0.39 is 0 Å². The molecule has 0 radical (unpaired) electrons. The van der Waals surface area contributed by atoms with Crippen LogP contribution in [0.1, 0.15) is 30.5 Å². The van der Waals surface area contributed by atoms with Gasteiger partial charge in [0.05, 0.1) is 6.61 Å². The van der Waals surface area contributed by atoms with E-state index in [4.69, 9.17) is 4.74 Å². The van der Waals surface area contributed by atoms with Crippen molar-refractivity contribution in [2.75, 3.05) is 11.9 Å². The number of nitrogens with one attached hydrogen (secondary N) is 1. The van der Waals surface area contributed by atoms with Crippen LogP contribution in [0.4, 0.5) is 5.69 Å². The van der Waals surface area contributed by atoms with Crippen molar-refractivity contribution in [3.05, 3.63) is 63.6 Å². The number of aryl methyl sites for hydroxylation is 2. The second-order valence-corrected chi connectivity index (χ2v) is 6.32. The summed E-state index contributed by atoms with van der Waals surface area (Å²) < 4.78 is 6.54. The summed E-state index contributed by atoms with van der Waals surface area (Å²) >= 11 is 3.45. The van der Waals surface area contributed by atoms with Gasteiger partial charge >= 0.3 is 0 Å². The molecule has 4 heteroatoms. The number of halogens is 1. The first-order valence-electron chi connectivity index (χ1n) is 8.05. The molecule has 126 valence electrons. The van der Waals surface area contributed by atoms with E-state index in [1.54, 1.807) is 6.08 Å². The number of para-hydroxylation sites is 1. The molecule has 0 aromatic heterocycles. The SMILES string of the molecule is CCOc1ccc(Br)cc1C=CC(=O)Nc1c(C)cccc1CC. The number of rotatable bonds is 6. The molecule has 3 nitrogen and oxygen atoms in total. The van der Waals surface area contributed by atoms with Crippen molar-refractivity contribution < 1.29 is 9.53 Å². The molecule has 0 unspecified atom stereocenters. The molecule has 0 bridgehead atoms. The number of amides is 1. The Bertz CT molecular complexity index is 753. The largest absolute Gasteiger partial charge is 0.493 e. The Morgan fingerprint density at radius 2 is 2.04 bits per heavy atom. The van der Waals surface area contributed by atoms with E-state index in [9.17, 15) is 4.79 Å². The lowest BCUT2D eigenvalue weighted by molar-refractivity contribution is -0.111. The van der Waals surface area contributed by atoms with Gasteiger partial charge in [-0.15, -0.1) is 0 Å². The Balaban J connectivity index is 2.19. The van der Waals surface area contributed by atoms with E-state index >= 15 is 0 Å². The van der Waals surface area contributed by atoms with Gasteiger partial charge in [-0.25, -0.2) is 0 Å². The zero-order chi connectivity index (χ0) is 17.5. The third-order valence-electron chi connectivity index (χ3n) is 3.67. The van der Waals surface area contributed by atoms with Gasteiger partial charge in [0.25, 0.3) is 0 Å². The highest BCUT2D eigenvalue weighted by molar-refractivity contribution is 9.10. The molecule has 2 aromatic carbocycles. The summed E-state index contributed by atoms with van der Waals surface area (Å²) in [6.07, 6.45) is 4.19. The van der Waals surface area contributed by atoms with Gasteiger partial charge in [-0.2, -0.15) is 0 Å². The number of anilines is 1. The summed E-state index contributed by atoms with van der Waals surface area (Å²) in [6.45, 7) is 6.60. The minimum Gasteiger partial charge on any atom is -0.493 e. The Labute approximate surface area is 151 Å². The van der Waals surface area contributed by atoms with E-state index in [1.165, 1.54) is 6.08 Å². The lowest BCUT2D eigenvalue weighted by Gasteiger charge is -2.11. The highest BCUT2D eigenvalue weighted by atomic mass is 79.9. The van der Waals surface area contributed by atoms with Crippen LogP contribution in [0.15, 0.2) is 46.9 Å². The average Bonchev–Trinajstić information content (AvgIpc) is 2.57. The maximum atomic E-state index is 12.3. The number of benzene rings is 2. The smallest absolute Gasteiger partial charge is 0.248 e. The Hall–Kier alpha value is -2.07. The van der Waals surface area contributed by atoms with Gasteiger partial charge < -0.3 is 10.1 Å². The molecule has 0 fully saturated rings. The van der Waals surface area contributed by atoms with Gasteiger partial charge in [-0.05, 0) is 55.7 Å². The van der Waals surface area contributed by atoms with Crippen molar-refractivity contribution in [1.82, 2.24) is 0 Å². The Kier molecular flexibility index (Phi) is 6.62. The van der Waals surface area contributed by atoms with Crippen LogP contribution in [0.5, 0.6) is 5.75 Å². The molecule has 0 saturated heterocycles. The fourth-order valence-electron chi connectivity index (χ4n) is 2.47. The van der Waals surface area contributed by atoms with Crippen molar-refractivity contribution in [3.63, 3.8) is 0 Å². The summed E-state index contributed by atoms with van der Waals surface area (Å²) in [6, 6.07) is 11.8. The molecule has 2 aromatic rings. The summed E-state index contributed by atoms with van der Waals surface area (Å²) in [5.41, 5.74) is 3.96. The zero-order valence-corrected chi connectivity index (χ0v) is 15.8. The predicted molar refractivity (Wildman–Crippen MR) is 104 cm³/mol. The number of hydrogen-bond acceptors (Lipinski definition) is 2. The van der Waals surface area contributed by atoms with Crippen LogP contribution in [0.25, 0.3) is 6.08 Å². The number of ether oxygens (including phenoxy) is 1. The monoisotopic (exact) mass is 387 g/mol. The first-order chi connectivity index (χ1) is 11.5. The first-order valence-corrected chi connectivity index (χ1v) is 8.84. The lowest BCUT2D eigenvalue weighted by atomic mass is 10.1. The molecule has 0 aliphatic rings. The molecule has 0 aliphatic heterocycles. The van der Waals surface area contributed by atoms with Crippen LogP contribution in [0.3, 0.4) is 0 Å². The van der Waals surface area contributed by atoms with Crippen LogP contribution < -0.4 is 10.1 Å². The van der Waals surface area contributed by atoms with Crippen molar-refractivity contribution in [2.24, 2.45) is 0 Å². The third kappa shape index (κ3) is 4.71. The van der Waals surface area contributed by atoms with Crippen LogP contribution in [-0.4, -0.2) is 12.5 Å². The number of carbonyl (C=O) groups excluding carboxylic acids is 1. The van der Waals surface area contributed by atoms with E-state index in [1.807, 2.05) is 50.2 Å². The second kappa shape index (κ2) is 8.69. The molecule has 0 saturated carbocycles. The molecular weight excluding hydrogens is 366 g/mol. The van der Waals surface area contributed by atoms with E-state index in [2.05, 4.69) is 28.2 Å². The fourth-order valence-corrected chi connectivity index (χ4v) is 2.85. The average molecular weight is 388 g/mol. The predicted octanol–water partition coefficient (Wildman–Crippen LogP) is 5.37. The highest BCUT2D eigenvalue weighted by Crippen LogP contribution is 2.25.